The molecule has 0 aromatic heterocycles. The van der Waals surface area contributed by atoms with Gasteiger partial charge in [0, 0.05) is 8.95 Å². The standard InChI is InChI=1S/C13H8Br2ClNO/c14-9-1-5-11(6-2-9)17(13(16)18)12-7-3-10(15)4-8-12/h1-8H. The molecule has 0 fully saturated rings. The van der Waals surface area contributed by atoms with E-state index in [9.17, 15) is 4.79 Å². The number of benzene rings is 2. The highest BCUT2D eigenvalue weighted by Gasteiger charge is 2.15. The molecule has 0 heterocycles. The van der Waals surface area contributed by atoms with E-state index in [4.69, 9.17) is 11.6 Å². The number of anilines is 2. The number of hydrogen-bond acceptors (Lipinski definition) is 1. The summed E-state index contributed by atoms with van der Waals surface area (Å²) in [7, 11) is 0. The van der Waals surface area contributed by atoms with Gasteiger partial charge in [0.1, 0.15) is 0 Å². The van der Waals surface area contributed by atoms with E-state index in [-0.39, 0.29) is 0 Å². The molecule has 0 aliphatic heterocycles. The summed E-state index contributed by atoms with van der Waals surface area (Å²) < 4.78 is 1.90. The summed E-state index contributed by atoms with van der Waals surface area (Å²) in [6, 6.07) is 14.8. The van der Waals surface area contributed by atoms with E-state index in [0.717, 1.165) is 20.3 Å². The molecular formula is C13H8Br2ClNO. The Morgan fingerprint density at radius 1 is 0.833 bits per heavy atom. The number of hydrogen-bond donors (Lipinski definition) is 0. The van der Waals surface area contributed by atoms with Crippen LogP contribution in [0.15, 0.2) is 57.5 Å². The molecule has 5 heteroatoms. The van der Waals surface area contributed by atoms with Crippen LogP contribution in [0.3, 0.4) is 0 Å². The van der Waals surface area contributed by atoms with E-state index in [2.05, 4.69) is 31.9 Å². The molecule has 0 N–H and O–H groups in total. The van der Waals surface area contributed by atoms with Crippen LogP contribution in [0.4, 0.5) is 16.2 Å². The Labute approximate surface area is 127 Å². The highest BCUT2D eigenvalue weighted by molar-refractivity contribution is 9.10. The van der Waals surface area contributed by atoms with Crippen molar-refractivity contribution in [3.8, 4) is 0 Å². The monoisotopic (exact) mass is 387 g/mol. The molecular weight excluding hydrogens is 381 g/mol. The van der Waals surface area contributed by atoms with E-state index >= 15 is 0 Å². The third-order valence-corrected chi connectivity index (χ3v) is 3.57. The van der Waals surface area contributed by atoms with Crippen LogP contribution in [0.5, 0.6) is 0 Å². The van der Waals surface area contributed by atoms with Crippen molar-refractivity contribution < 1.29 is 4.79 Å². The lowest BCUT2D eigenvalue weighted by molar-refractivity contribution is 0.266. The second-order valence-electron chi connectivity index (χ2n) is 3.54. The Kier molecular flexibility index (Phi) is 4.43. The van der Waals surface area contributed by atoms with Crippen molar-refractivity contribution in [2.45, 2.75) is 0 Å². The van der Waals surface area contributed by atoms with E-state index in [1.807, 2.05) is 48.5 Å². The molecule has 1 amide bonds. The van der Waals surface area contributed by atoms with E-state index < -0.39 is 5.37 Å². The molecule has 2 nitrogen and oxygen atoms in total. The Morgan fingerprint density at radius 2 is 1.17 bits per heavy atom. The van der Waals surface area contributed by atoms with Crippen LogP contribution in [0.25, 0.3) is 0 Å². The summed E-state index contributed by atoms with van der Waals surface area (Å²) in [6.07, 6.45) is 0. The predicted molar refractivity (Wildman–Crippen MR) is 81.7 cm³/mol. The Hall–Kier alpha value is -0.840. The van der Waals surface area contributed by atoms with Crippen LogP contribution in [0.1, 0.15) is 0 Å². The summed E-state index contributed by atoms with van der Waals surface area (Å²) in [5, 5.41) is -0.542. The summed E-state index contributed by atoms with van der Waals surface area (Å²) in [5.74, 6) is 0. The van der Waals surface area contributed by atoms with Crippen molar-refractivity contribution in [3.63, 3.8) is 0 Å². The minimum Gasteiger partial charge on any atom is -0.268 e. The zero-order valence-corrected chi connectivity index (χ0v) is 13.0. The minimum atomic E-state index is -0.542. The molecule has 0 saturated heterocycles. The first-order valence-electron chi connectivity index (χ1n) is 5.08. The maximum Gasteiger partial charge on any atom is 0.325 e. The number of nitrogens with zero attached hydrogens (tertiary/aromatic N) is 1. The molecule has 0 unspecified atom stereocenters. The lowest BCUT2D eigenvalue weighted by Crippen LogP contribution is -2.19. The summed E-state index contributed by atoms with van der Waals surface area (Å²) in [4.78, 5) is 13.0. The largest absolute Gasteiger partial charge is 0.325 e. The van der Waals surface area contributed by atoms with Crippen LogP contribution in [-0.2, 0) is 0 Å². The molecule has 0 aliphatic carbocycles. The van der Waals surface area contributed by atoms with Gasteiger partial charge in [-0.25, -0.2) is 0 Å². The fourth-order valence-electron chi connectivity index (χ4n) is 1.53. The molecule has 0 spiro atoms. The van der Waals surface area contributed by atoms with Gasteiger partial charge < -0.3 is 0 Å². The molecule has 2 aromatic rings. The zero-order chi connectivity index (χ0) is 13.1. The van der Waals surface area contributed by atoms with Crippen molar-refractivity contribution in [2.24, 2.45) is 0 Å². The van der Waals surface area contributed by atoms with Crippen LogP contribution < -0.4 is 4.90 Å². The Balaban J connectivity index is 2.43. The molecule has 18 heavy (non-hydrogen) atoms. The predicted octanol–water partition coefficient (Wildman–Crippen LogP) is 5.71. The van der Waals surface area contributed by atoms with Crippen molar-refractivity contribution >= 4 is 60.2 Å². The van der Waals surface area contributed by atoms with Gasteiger partial charge in [0.15, 0.2) is 0 Å². The topological polar surface area (TPSA) is 20.3 Å². The van der Waals surface area contributed by atoms with Crippen LogP contribution in [0, 0.1) is 0 Å². The van der Waals surface area contributed by atoms with Gasteiger partial charge in [-0.1, -0.05) is 31.9 Å². The number of halogens is 3. The highest BCUT2D eigenvalue weighted by atomic mass is 79.9. The van der Waals surface area contributed by atoms with Gasteiger partial charge in [-0.3, -0.25) is 9.69 Å². The molecule has 2 aromatic carbocycles. The Bertz CT molecular complexity index is 509. The number of amides is 1. The smallest absolute Gasteiger partial charge is 0.268 e. The fourth-order valence-corrected chi connectivity index (χ4v) is 2.26. The van der Waals surface area contributed by atoms with Crippen LogP contribution in [0.2, 0.25) is 0 Å². The molecule has 0 radical (unpaired) electrons. The van der Waals surface area contributed by atoms with Crippen molar-refractivity contribution in [1.82, 2.24) is 0 Å². The first kappa shape index (κ1) is 13.6. The van der Waals surface area contributed by atoms with Crippen LogP contribution in [-0.4, -0.2) is 5.37 Å². The Morgan fingerprint density at radius 3 is 1.44 bits per heavy atom. The summed E-state index contributed by atoms with van der Waals surface area (Å²) in [5.41, 5.74) is 1.45. The normalized spacial score (nSPS) is 10.2. The first-order chi connectivity index (χ1) is 8.58. The summed E-state index contributed by atoms with van der Waals surface area (Å²) >= 11 is 12.4. The van der Waals surface area contributed by atoms with E-state index in [1.165, 1.54) is 4.90 Å². The van der Waals surface area contributed by atoms with Gasteiger partial charge in [-0.05, 0) is 60.1 Å². The second kappa shape index (κ2) is 5.87. The molecule has 2 rings (SSSR count). The third-order valence-electron chi connectivity index (χ3n) is 2.35. The quantitative estimate of drug-likeness (QED) is 0.476. The first-order valence-corrected chi connectivity index (χ1v) is 7.05. The van der Waals surface area contributed by atoms with Crippen molar-refractivity contribution in [1.29, 1.82) is 0 Å². The maximum atomic E-state index is 11.6. The molecule has 0 atom stereocenters. The average molecular weight is 389 g/mol. The second-order valence-corrected chi connectivity index (χ2v) is 5.70. The van der Waals surface area contributed by atoms with Gasteiger partial charge in [-0.2, -0.15) is 0 Å². The zero-order valence-electron chi connectivity index (χ0n) is 9.11. The highest BCUT2D eigenvalue weighted by Crippen LogP contribution is 2.29. The maximum absolute atomic E-state index is 11.6. The molecule has 0 saturated carbocycles. The minimum absolute atomic E-state index is 0.542. The fraction of sp³-hybridized carbons (Fsp3) is 0. The van der Waals surface area contributed by atoms with Gasteiger partial charge in [0.25, 0.3) is 0 Å². The average Bonchev–Trinajstić information content (AvgIpc) is 2.34. The van der Waals surface area contributed by atoms with Gasteiger partial charge in [0.05, 0.1) is 11.4 Å². The number of rotatable bonds is 2. The lowest BCUT2D eigenvalue weighted by Gasteiger charge is -2.20. The number of carbonyl (C=O) groups excluding carboxylic acids is 1. The third kappa shape index (κ3) is 3.13. The summed E-state index contributed by atoms with van der Waals surface area (Å²) in [6.45, 7) is 0. The van der Waals surface area contributed by atoms with E-state index in [0.29, 0.717) is 0 Å². The SMILES string of the molecule is O=C(Cl)N(c1ccc(Br)cc1)c1ccc(Br)cc1. The van der Waals surface area contributed by atoms with Gasteiger partial charge in [0.2, 0.25) is 0 Å². The van der Waals surface area contributed by atoms with Gasteiger partial charge >= 0.3 is 5.37 Å². The van der Waals surface area contributed by atoms with E-state index in [1.54, 1.807) is 0 Å². The van der Waals surface area contributed by atoms with Crippen molar-refractivity contribution in [2.75, 3.05) is 4.90 Å². The van der Waals surface area contributed by atoms with Crippen molar-refractivity contribution in [3.05, 3.63) is 57.5 Å². The molecule has 92 valence electrons. The lowest BCUT2D eigenvalue weighted by atomic mass is 10.2. The molecule has 0 bridgehead atoms. The van der Waals surface area contributed by atoms with Crippen LogP contribution >= 0.6 is 43.5 Å². The van der Waals surface area contributed by atoms with Gasteiger partial charge in [-0.15, -0.1) is 0 Å². The number of carbonyl (C=O) groups is 1. The molecule has 0 aliphatic rings.